The van der Waals surface area contributed by atoms with E-state index in [9.17, 15) is 13.2 Å². The predicted molar refractivity (Wildman–Crippen MR) is 88.3 cm³/mol. The number of hydrogen-bond acceptors (Lipinski definition) is 4. The van der Waals surface area contributed by atoms with E-state index in [0.717, 1.165) is 9.87 Å². The number of carbonyl (C=O) groups excluding carboxylic acids is 1. The molecule has 0 atom stereocenters. The molecule has 0 aromatic heterocycles. The maximum atomic E-state index is 12.4. The Kier molecular flexibility index (Phi) is 5.18. The fourth-order valence-corrected chi connectivity index (χ4v) is 3.09. The molecule has 0 aliphatic heterocycles. The summed E-state index contributed by atoms with van der Waals surface area (Å²) in [5.41, 5.74) is 1.32. The molecule has 6 heteroatoms. The van der Waals surface area contributed by atoms with Crippen molar-refractivity contribution < 1.29 is 17.9 Å². The Morgan fingerprint density at radius 2 is 1.74 bits per heavy atom. The highest BCUT2D eigenvalue weighted by atomic mass is 32.2. The van der Waals surface area contributed by atoms with Gasteiger partial charge in [0.2, 0.25) is 10.0 Å². The monoisotopic (exact) mass is 333 g/mol. The number of Topliss-reactive ketones (excluding diaryl/α,β-unsaturated/α-hetero) is 1. The van der Waals surface area contributed by atoms with Crippen LogP contribution in [0.1, 0.15) is 15.9 Å². The van der Waals surface area contributed by atoms with Gasteiger partial charge in [0.15, 0.2) is 12.4 Å². The van der Waals surface area contributed by atoms with E-state index in [-0.39, 0.29) is 23.0 Å². The summed E-state index contributed by atoms with van der Waals surface area (Å²) in [6.45, 7) is 1.58. The summed E-state index contributed by atoms with van der Waals surface area (Å²) in [4.78, 5) is 12.2. The predicted octanol–water partition coefficient (Wildman–Crippen LogP) is 2.51. The highest BCUT2D eigenvalue weighted by molar-refractivity contribution is 7.89. The normalized spacial score (nSPS) is 11.5. The van der Waals surface area contributed by atoms with Crippen LogP contribution in [0.25, 0.3) is 0 Å². The van der Waals surface area contributed by atoms with Gasteiger partial charge in [-0.05, 0) is 24.6 Å². The second kappa shape index (κ2) is 6.93. The van der Waals surface area contributed by atoms with E-state index in [1.165, 1.54) is 20.2 Å². The van der Waals surface area contributed by atoms with E-state index in [0.29, 0.717) is 5.56 Å². The lowest BCUT2D eigenvalue weighted by Gasteiger charge is -2.16. The lowest BCUT2D eigenvalue weighted by atomic mass is 10.1. The number of nitrogens with zero attached hydrogens (tertiary/aromatic N) is 1. The van der Waals surface area contributed by atoms with Crippen molar-refractivity contribution in [3.05, 3.63) is 59.7 Å². The Hall–Kier alpha value is -2.18. The Morgan fingerprint density at radius 3 is 2.35 bits per heavy atom. The highest BCUT2D eigenvalue weighted by Gasteiger charge is 2.23. The van der Waals surface area contributed by atoms with Gasteiger partial charge < -0.3 is 4.74 Å². The van der Waals surface area contributed by atoms with E-state index < -0.39 is 10.0 Å². The minimum Gasteiger partial charge on any atom is -0.484 e. The fraction of sp³-hybridized carbons (Fsp3) is 0.235. The maximum Gasteiger partial charge on any atom is 0.246 e. The van der Waals surface area contributed by atoms with Gasteiger partial charge in [-0.25, -0.2) is 12.7 Å². The molecule has 0 aliphatic rings. The molecule has 0 N–H and O–H groups in total. The first kappa shape index (κ1) is 17.2. The van der Waals surface area contributed by atoms with E-state index in [1.807, 2.05) is 6.07 Å². The molecule has 0 heterocycles. The van der Waals surface area contributed by atoms with Gasteiger partial charge in [-0.1, -0.05) is 36.4 Å². The van der Waals surface area contributed by atoms with Crippen molar-refractivity contribution in [2.75, 3.05) is 20.7 Å². The van der Waals surface area contributed by atoms with E-state index in [4.69, 9.17) is 4.74 Å². The molecule has 2 aromatic rings. The molecule has 5 nitrogen and oxygen atoms in total. The molecule has 2 aromatic carbocycles. The van der Waals surface area contributed by atoms with Crippen molar-refractivity contribution in [3.63, 3.8) is 0 Å². The molecule has 0 saturated carbocycles. The number of ether oxygens (including phenoxy) is 1. The average molecular weight is 333 g/mol. The fourth-order valence-electron chi connectivity index (χ4n) is 1.98. The van der Waals surface area contributed by atoms with Crippen LogP contribution in [0.5, 0.6) is 5.75 Å². The number of sulfonamides is 1. The van der Waals surface area contributed by atoms with Crippen LogP contribution in [0, 0.1) is 6.92 Å². The van der Waals surface area contributed by atoms with Gasteiger partial charge in [-0.15, -0.1) is 0 Å². The molecule has 0 spiro atoms. The number of hydrogen-bond donors (Lipinski definition) is 0. The molecule has 23 heavy (non-hydrogen) atoms. The zero-order valence-electron chi connectivity index (χ0n) is 13.3. The maximum absolute atomic E-state index is 12.4. The lowest BCUT2D eigenvalue weighted by molar-refractivity contribution is 0.0919. The Balaban J connectivity index is 2.26. The molecular formula is C17H19NO4S. The first-order valence-corrected chi connectivity index (χ1v) is 8.50. The van der Waals surface area contributed by atoms with Gasteiger partial charge >= 0.3 is 0 Å². The van der Waals surface area contributed by atoms with Crippen LogP contribution in [0.3, 0.4) is 0 Å². The van der Waals surface area contributed by atoms with Gasteiger partial charge in [0, 0.05) is 19.7 Å². The number of aryl methyl sites for hydroxylation is 1. The van der Waals surface area contributed by atoms with Crippen LogP contribution in [0.4, 0.5) is 0 Å². The lowest BCUT2D eigenvalue weighted by Crippen LogP contribution is -2.23. The van der Waals surface area contributed by atoms with Gasteiger partial charge in [0.1, 0.15) is 10.6 Å². The van der Waals surface area contributed by atoms with E-state index >= 15 is 0 Å². The van der Waals surface area contributed by atoms with Crippen LogP contribution < -0.4 is 4.74 Å². The van der Waals surface area contributed by atoms with Crippen molar-refractivity contribution in [1.29, 1.82) is 0 Å². The average Bonchev–Trinajstić information content (AvgIpc) is 2.54. The van der Waals surface area contributed by atoms with E-state index in [2.05, 4.69) is 0 Å². The van der Waals surface area contributed by atoms with Gasteiger partial charge in [-0.2, -0.15) is 0 Å². The largest absolute Gasteiger partial charge is 0.484 e. The smallest absolute Gasteiger partial charge is 0.246 e. The number of rotatable bonds is 6. The summed E-state index contributed by atoms with van der Waals surface area (Å²) in [6.07, 6.45) is 0. The Morgan fingerprint density at radius 1 is 1.09 bits per heavy atom. The third-order valence-corrected chi connectivity index (χ3v) is 5.15. The summed E-state index contributed by atoms with van der Waals surface area (Å²) >= 11 is 0. The molecule has 122 valence electrons. The zero-order valence-corrected chi connectivity index (χ0v) is 14.1. The van der Waals surface area contributed by atoms with Crippen LogP contribution in [-0.4, -0.2) is 39.2 Å². The third kappa shape index (κ3) is 3.97. The van der Waals surface area contributed by atoms with Crippen LogP contribution >= 0.6 is 0 Å². The number of carbonyl (C=O) groups is 1. The first-order valence-electron chi connectivity index (χ1n) is 7.06. The van der Waals surface area contributed by atoms with Gasteiger partial charge in [0.25, 0.3) is 0 Å². The minimum atomic E-state index is -3.65. The molecular weight excluding hydrogens is 314 g/mol. The second-order valence-corrected chi connectivity index (χ2v) is 7.44. The number of benzene rings is 2. The summed E-state index contributed by atoms with van der Waals surface area (Å²) in [6, 6.07) is 13.6. The molecule has 0 aliphatic carbocycles. The number of ketones is 1. The summed E-state index contributed by atoms with van der Waals surface area (Å²) in [5, 5.41) is 0. The Labute approximate surface area is 136 Å². The van der Waals surface area contributed by atoms with Crippen molar-refractivity contribution >= 4 is 15.8 Å². The van der Waals surface area contributed by atoms with Gasteiger partial charge in [0.05, 0.1) is 0 Å². The van der Waals surface area contributed by atoms with Crippen LogP contribution in [0.2, 0.25) is 0 Å². The molecule has 0 unspecified atom stereocenters. The summed E-state index contributed by atoms with van der Waals surface area (Å²) in [5.74, 6) is -0.0343. The minimum absolute atomic E-state index is 0.0587. The Bertz CT molecular complexity index is 799. The molecule has 0 saturated heterocycles. The molecule has 0 bridgehead atoms. The summed E-state index contributed by atoms with van der Waals surface area (Å²) in [7, 11) is -0.736. The topological polar surface area (TPSA) is 63.7 Å². The SMILES string of the molecule is Cc1ccc(OCC(=O)c2ccccc2)c(S(=O)(=O)N(C)C)c1. The third-order valence-electron chi connectivity index (χ3n) is 3.31. The van der Waals surface area contributed by atoms with Crippen molar-refractivity contribution in [2.45, 2.75) is 11.8 Å². The van der Waals surface area contributed by atoms with Crippen molar-refractivity contribution in [3.8, 4) is 5.75 Å². The standard InChI is InChI=1S/C17H19NO4S/c1-13-9-10-16(17(11-13)23(20,21)18(2)3)22-12-15(19)14-7-5-4-6-8-14/h4-11H,12H2,1-3H3. The molecule has 2 rings (SSSR count). The first-order chi connectivity index (χ1) is 10.8. The summed E-state index contributed by atoms with van der Waals surface area (Å²) < 4.78 is 31.4. The van der Waals surface area contributed by atoms with Crippen LogP contribution in [0.15, 0.2) is 53.4 Å². The van der Waals surface area contributed by atoms with E-state index in [1.54, 1.807) is 43.3 Å². The molecule has 0 radical (unpaired) electrons. The zero-order chi connectivity index (χ0) is 17.0. The second-order valence-electron chi connectivity index (χ2n) is 5.32. The molecule has 0 amide bonds. The quantitative estimate of drug-likeness (QED) is 0.762. The van der Waals surface area contributed by atoms with Gasteiger partial charge in [-0.3, -0.25) is 4.79 Å². The van der Waals surface area contributed by atoms with Crippen LogP contribution in [-0.2, 0) is 10.0 Å². The van der Waals surface area contributed by atoms with Crippen molar-refractivity contribution in [2.24, 2.45) is 0 Å². The highest BCUT2D eigenvalue weighted by Crippen LogP contribution is 2.27. The van der Waals surface area contributed by atoms with Crippen molar-refractivity contribution in [1.82, 2.24) is 4.31 Å². The molecule has 0 fully saturated rings.